The van der Waals surface area contributed by atoms with E-state index in [9.17, 15) is 8.42 Å². The molecule has 1 fully saturated rings. The lowest BCUT2D eigenvalue weighted by Gasteiger charge is -2.36. The molecule has 0 saturated carbocycles. The third-order valence-electron chi connectivity index (χ3n) is 4.41. The minimum atomic E-state index is -3.40. The summed E-state index contributed by atoms with van der Waals surface area (Å²) in [5.74, 6) is 0. The first-order chi connectivity index (χ1) is 11.4. The number of benzene rings is 2. The molecule has 0 spiro atoms. The fraction of sp³-hybridized carbons (Fsp3) is 0.333. The molecule has 1 aliphatic heterocycles. The lowest BCUT2D eigenvalue weighted by Crippen LogP contribution is -2.48. The third-order valence-corrected chi connectivity index (χ3v) is 6.99. The summed E-state index contributed by atoms with van der Waals surface area (Å²) in [4.78, 5) is 2.66. The zero-order valence-electron chi connectivity index (χ0n) is 13.9. The number of anilines is 1. The molecule has 0 amide bonds. The van der Waals surface area contributed by atoms with E-state index in [1.54, 1.807) is 16.4 Å². The molecule has 4 nitrogen and oxygen atoms in total. The fourth-order valence-electron chi connectivity index (χ4n) is 2.95. The average Bonchev–Trinajstić information content (AvgIpc) is 2.57. The first kappa shape index (κ1) is 17.7. The van der Waals surface area contributed by atoms with E-state index in [2.05, 4.69) is 52.6 Å². The van der Waals surface area contributed by atoms with Gasteiger partial charge in [0, 0.05) is 35.4 Å². The van der Waals surface area contributed by atoms with E-state index in [0.29, 0.717) is 31.1 Å². The van der Waals surface area contributed by atoms with Crippen LogP contribution in [0, 0.1) is 17.4 Å². The van der Waals surface area contributed by atoms with Crippen LogP contribution >= 0.6 is 22.6 Å². The van der Waals surface area contributed by atoms with Crippen molar-refractivity contribution in [1.29, 1.82) is 0 Å². The lowest BCUT2D eigenvalue weighted by atomic mass is 10.1. The van der Waals surface area contributed by atoms with Crippen LogP contribution in [0.15, 0.2) is 47.4 Å². The molecule has 2 aromatic carbocycles. The monoisotopic (exact) mass is 456 g/mol. The van der Waals surface area contributed by atoms with E-state index in [4.69, 9.17) is 0 Å². The maximum atomic E-state index is 12.8. The Morgan fingerprint density at radius 2 is 1.54 bits per heavy atom. The number of nitrogens with zero attached hydrogens (tertiary/aromatic N) is 2. The molecule has 2 aromatic rings. The Hall–Kier alpha value is -1.12. The van der Waals surface area contributed by atoms with Crippen LogP contribution in [0.2, 0.25) is 0 Å². The molecule has 24 heavy (non-hydrogen) atoms. The van der Waals surface area contributed by atoms with Gasteiger partial charge in [-0.15, -0.1) is 0 Å². The molecule has 6 heteroatoms. The van der Waals surface area contributed by atoms with Gasteiger partial charge in [0.2, 0.25) is 10.0 Å². The van der Waals surface area contributed by atoms with Crippen LogP contribution in [0.3, 0.4) is 0 Å². The van der Waals surface area contributed by atoms with Crippen LogP contribution in [0.5, 0.6) is 0 Å². The van der Waals surface area contributed by atoms with Crippen molar-refractivity contribution in [3.8, 4) is 0 Å². The van der Waals surface area contributed by atoms with E-state index in [1.807, 2.05) is 19.1 Å². The van der Waals surface area contributed by atoms with Crippen LogP contribution in [0.1, 0.15) is 11.1 Å². The predicted octanol–water partition coefficient (Wildman–Crippen LogP) is 3.42. The van der Waals surface area contributed by atoms with Crippen LogP contribution in [0.25, 0.3) is 0 Å². The van der Waals surface area contributed by atoms with Gasteiger partial charge in [-0.2, -0.15) is 4.31 Å². The first-order valence-corrected chi connectivity index (χ1v) is 10.5. The zero-order chi connectivity index (χ0) is 17.3. The second-order valence-electron chi connectivity index (χ2n) is 6.13. The van der Waals surface area contributed by atoms with E-state index in [-0.39, 0.29) is 0 Å². The van der Waals surface area contributed by atoms with Crippen LogP contribution in [-0.4, -0.2) is 38.9 Å². The Balaban J connectivity index is 1.75. The maximum absolute atomic E-state index is 12.8. The van der Waals surface area contributed by atoms with Crippen LogP contribution < -0.4 is 4.90 Å². The largest absolute Gasteiger partial charge is 0.369 e. The topological polar surface area (TPSA) is 40.6 Å². The molecule has 128 valence electrons. The van der Waals surface area contributed by atoms with Crippen molar-refractivity contribution in [1.82, 2.24) is 4.31 Å². The van der Waals surface area contributed by atoms with Crippen molar-refractivity contribution in [2.75, 3.05) is 31.1 Å². The molecule has 0 aliphatic carbocycles. The van der Waals surface area contributed by atoms with Gasteiger partial charge in [-0.3, -0.25) is 0 Å². The molecule has 1 aliphatic rings. The van der Waals surface area contributed by atoms with Gasteiger partial charge in [0.1, 0.15) is 0 Å². The molecule has 0 unspecified atom stereocenters. The number of hydrogen-bond acceptors (Lipinski definition) is 3. The summed E-state index contributed by atoms with van der Waals surface area (Å²) in [5.41, 5.74) is 3.49. The van der Waals surface area contributed by atoms with E-state index >= 15 is 0 Å². The van der Waals surface area contributed by atoms with Crippen molar-refractivity contribution in [3.05, 3.63) is 57.2 Å². The van der Waals surface area contributed by atoms with Gasteiger partial charge in [-0.05, 0) is 66.3 Å². The summed E-state index contributed by atoms with van der Waals surface area (Å²) in [6, 6.07) is 13.5. The summed E-state index contributed by atoms with van der Waals surface area (Å²) in [5, 5.41) is 0. The van der Waals surface area contributed by atoms with Gasteiger partial charge in [-0.1, -0.05) is 23.8 Å². The zero-order valence-corrected chi connectivity index (χ0v) is 16.8. The summed E-state index contributed by atoms with van der Waals surface area (Å²) in [6.07, 6.45) is 0. The van der Waals surface area contributed by atoms with Gasteiger partial charge < -0.3 is 4.90 Å². The maximum Gasteiger partial charge on any atom is 0.243 e. The van der Waals surface area contributed by atoms with E-state index < -0.39 is 10.0 Å². The highest BCUT2D eigenvalue weighted by molar-refractivity contribution is 14.1. The number of sulfonamides is 1. The minimum absolute atomic E-state index is 0.381. The Morgan fingerprint density at radius 3 is 2.17 bits per heavy atom. The normalized spacial score (nSPS) is 16.4. The molecule has 1 saturated heterocycles. The van der Waals surface area contributed by atoms with Crippen molar-refractivity contribution in [2.24, 2.45) is 0 Å². The van der Waals surface area contributed by atoms with Crippen molar-refractivity contribution < 1.29 is 8.42 Å². The Morgan fingerprint density at radius 1 is 0.917 bits per heavy atom. The summed E-state index contributed by atoms with van der Waals surface area (Å²) in [6.45, 7) is 6.51. The highest BCUT2D eigenvalue weighted by Crippen LogP contribution is 2.25. The average molecular weight is 456 g/mol. The number of aryl methyl sites for hydroxylation is 2. The molecule has 0 bridgehead atoms. The van der Waals surface area contributed by atoms with Gasteiger partial charge in [0.25, 0.3) is 0 Å². The lowest BCUT2D eigenvalue weighted by molar-refractivity contribution is 0.384. The fourth-order valence-corrected chi connectivity index (χ4v) is 4.85. The van der Waals surface area contributed by atoms with Gasteiger partial charge in [0.05, 0.1) is 4.90 Å². The Kier molecular flexibility index (Phi) is 5.17. The summed E-state index contributed by atoms with van der Waals surface area (Å²) < 4.78 is 28.3. The number of piperazine rings is 1. The third kappa shape index (κ3) is 3.60. The molecule has 0 radical (unpaired) electrons. The number of hydrogen-bond donors (Lipinski definition) is 0. The van der Waals surface area contributed by atoms with Crippen molar-refractivity contribution in [3.63, 3.8) is 0 Å². The molecule has 0 aromatic heterocycles. The highest BCUT2D eigenvalue weighted by Gasteiger charge is 2.28. The predicted molar refractivity (Wildman–Crippen MR) is 106 cm³/mol. The Bertz CT molecular complexity index is 827. The molecule has 1 heterocycles. The molecule has 3 rings (SSSR count). The Labute approximate surface area is 157 Å². The second-order valence-corrected chi connectivity index (χ2v) is 9.32. The van der Waals surface area contributed by atoms with Crippen LogP contribution in [0.4, 0.5) is 5.69 Å². The summed E-state index contributed by atoms with van der Waals surface area (Å²) in [7, 11) is -3.40. The minimum Gasteiger partial charge on any atom is -0.369 e. The first-order valence-electron chi connectivity index (χ1n) is 7.96. The highest BCUT2D eigenvalue weighted by atomic mass is 127. The van der Waals surface area contributed by atoms with Crippen molar-refractivity contribution >= 4 is 38.3 Å². The van der Waals surface area contributed by atoms with E-state index in [0.717, 1.165) is 5.56 Å². The molecular formula is C18H21IN2O2S. The molecular weight excluding hydrogens is 435 g/mol. The second kappa shape index (κ2) is 7.01. The quantitative estimate of drug-likeness (QED) is 0.665. The van der Waals surface area contributed by atoms with Crippen molar-refractivity contribution in [2.45, 2.75) is 18.7 Å². The smallest absolute Gasteiger partial charge is 0.243 e. The van der Waals surface area contributed by atoms with Gasteiger partial charge in [0.15, 0.2) is 0 Å². The number of rotatable bonds is 3. The van der Waals surface area contributed by atoms with E-state index in [1.165, 1.54) is 14.8 Å². The molecule has 0 N–H and O–H groups in total. The van der Waals surface area contributed by atoms with Gasteiger partial charge >= 0.3 is 0 Å². The SMILES string of the molecule is Cc1ccc(S(=O)(=O)N2CCN(c3cc(I)ccc3C)CC2)cc1. The molecule has 0 atom stereocenters. The van der Waals surface area contributed by atoms with Crippen LogP contribution in [-0.2, 0) is 10.0 Å². The number of halogens is 1. The summed E-state index contributed by atoms with van der Waals surface area (Å²) >= 11 is 2.31. The standard InChI is InChI=1S/C18H21IN2O2S/c1-14-3-7-17(8-4-14)24(22,23)21-11-9-20(10-12-21)18-13-16(19)6-5-15(18)2/h3-8,13H,9-12H2,1-2H3. The van der Waals surface area contributed by atoms with Gasteiger partial charge in [-0.25, -0.2) is 8.42 Å².